The zero-order chi connectivity index (χ0) is 14.5. The fourth-order valence-electron chi connectivity index (χ4n) is 1.71. The van der Waals surface area contributed by atoms with Crippen LogP contribution in [0.5, 0.6) is 0 Å². The van der Waals surface area contributed by atoms with E-state index in [0.717, 1.165) is 19.3 Å². The molecule has 112 valence electrons. The normalized spacial score (nSPS) is 16.4. The summed E-state index contributed by atoms with van der Waals surface area (Å²) in [6.07, 6.45) is 2.54. The second-order valence-corrected chi connectivity index (χ2v) is 5.57. The van der Waals surface area contributed by atoms with Crippen LogP contribution in [0.1, 0.15) is 51.9 Å². The molecule has 7 heteroatoms. The van der Waals surface area contributed by atoms with Gasteiger partial charge in [0, 0.05) is 6.61 Å². The first-order chi connectivity index (χ1) is 9.58. The molecule has 0 aliphatic heterocycles. The van der Waals surface area contributed by atoms with Gasteiger partial charge in [-0.05, 0) is 42.5 Å². The molecule has 1 aliphatic carbocycles. The molecule has 1 aliphatic rings. The number of aromatic nitrogens is 4. The molecule has 20 heavy (non-hydrogen) atoms. The summed E-state index contributed by atoms with van der Waals surface area (Å²) in [5, 5.41) is 11.4. The fraction of sp³-hybridized carbons (Fsp3) is 0.846. The molecule has 0 amide bonds. The first-order valence-corrected chi connectivity index (χ1v) is 7.13. The minimum absolute atomic E-state index is 0.0974. The predicted octanol–water partition coefficient (Wildman–Crippen LogP) is 1.50. The highest BCUT2D eigenvalue weighted by molar-refractivity contribution is 5.74. The molecule has 2 rings (SSSR count). The zero-order valence-corrected chi connectivity index (χ0v) is 12.3. The van der Waals surface area contributed by atoms with Crippen LogP contribution < -0.4 is 0 Å². The van der Waals surface area contributed by atoms with E-state index >= 15 is 0 Å². The average molecular weight is 282 g/mol. The molecule has 0 bridgehead atoms. The Balaban J connectivity index is 1.72. The summed E-state index contributed by atoms with van der Waals surface area (Å²) in [5.41, 5.74) is 0. The van der Waals surface area contributed by atoms with Gasteiger partial charge in [0.1, 0.15) is 0 Å². The number of rotatable bonds is 8. The number of carbonyl (C=O) groups excluding carboxylic acids is 1. The number of hydrogen-bond donors (Lipinski definition) is 0. The van der Waals surface area contributed by atoms with Gasteiger partial charge in [-0.3, -0.25) is 0 Å². The van der Waals surface area contributed by atoms with E-state index < -0.39 is 6.10 Å². The van der Waals surface area contributed by atoms with Crippen LogP contribution >= 0.6 is 0 Å². The van der Waals surface area contributed by atoms with Crippen LogP contribution in [0.25, 0.3) is 0 Å². The Morgan fingerprint density at radius 2 is 2.15 bits per heavy atom. The standard InChI is InChI=1S/C13H22N4O3/c1-9(2)6-7-19-10(3)13(18)20-8-12-14-15-16-17(12)11-4-5-11/h9-11H,4-8H2,1-3H3. The Hall–Kier alpha value is -1.50. The van der Waals surface area contributed by atoms with Crippen LogP contribution in [-0.2, 0) is 20.9 Å². The smallest absolute Gasteiger partial charge is 0.335 e. The molecule has 0 saturated heterocycles. The van der Waals surface area contributed by atoms with Crippen molar-refractivity contribution < 1.29 is 14.3 Å². The van der Waals surface area contributed by atoms with Gasteiger partial charge in [-0.1, -0.05) is 13.8 Å². The molecular formula is C13H22N4O3. The van der Waals surface area contributed by atoms with Crippen molar-refractivity contribution in [1.82, 2.24) is 20.2 Å². The van der Waals surface area contributed by atoms with Gasteiger partial charge in [-0.2, -0.15) is 0 Å². The van der Waals surface area contributed by atoms with Crippen molar-refractivity contribution >= 4 is 5.97 Å². The van der Waals surface area contributed by atoms with E-state index in [1.165, 1.54) is 0 Å². The first kappa shape index (κ1) is 14.9. The van der Waals surface area contributed by atoms with Crippen molar-refractivity contribution in [3.8, 4) is 0 Å². The maximum atomic E-state index is 11.8. The predicted molar refractivity (Wildman–Crippen MR) is 70.8 cm³/mol. The number of tetrazole rings is 1. The third kappa shape index (κ3) is 4.26. The van der Waals surface area contributed by atoms with Crippen LogP contribution in [0, 0.1) is 5.92 Å². The van der Waals surface area contributed by atoms with Gasteiger partial charge in [-0.15, -0.1) is 5.10 Å². The lowest BCUT2D eigenvalue weighted by atomic mass is 10.1. The lowest BCUT2D eigenvalue weighted by Gasteiger charge is -2.13. The van der Waals surface area contributed by atoms with Crippen molar-refractivity contribution in [1.29, 1.82) is 0 Å². The van der Waals surface area contributed by atoms with Crippen molar-refractivity contribution in [3.63, 3.8) is 0 Å². The Morgan fingerprint density at radius 1 is 1.40 bits per heavy atom. The van der Waals surface area contributed by atoms with Gasteiger partial charge < -0.3 is 9.47 Å². The molecule has 1 fully saturated rings. The van der Waals surface area contributed by atoms with Gasteiger partial charge in [0.05, 0.1) is 6.04 Å². The first-order valence-electron chi connectivity index (χ1n) is 7.13. The van der Waals surface area contributed by atoms with Gasteiger partial charge in [0.2, 0.25) is 0 Å². The van der Waals surface area contributed by atoms with Crippen LogP contribution in [0.2, 0.25) is 0 Å². The van der Waals surface area contributed by atoms with Gasteiger partial charge in [-0.25, -0.2) is 9.48 Å². The Bertz CT molecular complexity index is 443. The van der Waals surface area contributed by atoms with E-state index in [9.17, 15) is 4.79 Å². The van der Waals surface area contributed by atoms with Crippen molar-refractivity contribution in [3.05, 3.63) is 5.82 Å². The average Bonchev–Trinajstić information content (AvgIpc) is 3.14. The van der Waals surface area contributed by atoms with E-state index in [4.69, 9.17) is 9.47 Å². The highest BCUT2D eigenvalue weighted by atomic mass is 16.6. The summed E-state index contributed by atoms with van der Waals surface area (Å²) in [6, 6.07) is 0.374. The molecule has 7 nitrogen and oxygen atoms in total. The minimum atomic E-state index is -0.556. The number of ether oxygens (including phenoxy) is 2. The molecule has 0 N–H and O–H groups in total. The molecular weight excluding hydrogens is 260 g/mol. The summed E-state index contributed by atoms with van der Waals surface area (Å²) < 4.78 is 12.4. The number of nitrogens with zero attached hydrogens (tertiary/aromatic N) is 4. The molecule has 1 unspecified atom stereocenters. The second-order valence-electron chi connectivity index (χ2n) is 5.57. The second kappa shape index (κ2) is 6.78. The maximum absolute atomic E-state index is 11.8. The zero-order valence-electron chi connectivity index (χ0n) is 12.3. The van der Waals surface area contributed by atoms with Gasteiger partial charge in [0.25, 0.3) is 0 Å². The monoisotopic (exact) mass is 282 g/mol. The van der Waals surface area contributed by atoms with Crippen LogP contribution in [-0.4, -0.2) is 38.9 Å². The van der Waals surface area contributed by atoms with E-state index in [1.807, 2.05) is 0 Å². The van der Waals surface area contributed by atoms with Crippen molar-refractivity contribution in [2.45, 2.75) is 58.8 Å². The van der Waals surface area contributed by atoms with E-state index in [0.29, 0.717) is 24.4 Å². The summed E-state index contributed by atoms with van der Waals surface area (Å²) in [6.45, 7) is 6.59. The van der Waals surface area contributed by atoms with Crippen LogP contribution in [0.3, 0.4) is 0 Å². The van der Waals surface area contributed by atoms with E-state index in [1.54, 1.807) is 11.6 Å². The largest absolute Gasteiger partial charge is 0.455 e. The maximum Gasteiger partial charge on any atom is 0.335 e. The number of carbonyl (C=O) groups is 1. The molecule has 1 atom stereocenters. The molecule has 0 aromatic carbocycles. The Morgan fingerprint density at radius 3 is 2.80 bits per heavy atom. The number of esters is 1. The highest BCUT2D eigenvalue weighted by Crippen LogP contribution is 2.34. The Kier molecular flexibility index (Phi) is 5.05. The highest BCUT2D eigenvalue weighted by Gasteiger charge is 2.28. The molecule has 1 aromatic heterocycles. The lowest BCUT2D eigenvalue weighted by molar-refractivity contribution is -0.157. The summed E-state index contributed by atoms with van der Waals surface area (Å²) in [4.78, 5) is 11.8. The van der Waals surface area contributed by atoms with Crippen molar-refractivity contribution in [2.24, 2.45) is 5.92 Å². The molecule has 0 spiro atoms. The lowest BCUT2D eigenvalue weighted by Crippen LogP contribution is -2.24. The SMILES string of the molecule is CC(C)CCOC(C)C(=O)OCc1nnnn1C1CC1. The minimum Gasteiger partial charge on any atom is -0.455 e. The van der Waals surface area contributed by atoms with Gasteiger partial charge in [0.15, 0.2) is 18.5 Å². The fourth-order valence-corrected chi connectivity index (χ4v) is 1.71. The number of hydrogen-bond acceptors (Lipinski definition) is 6. The summed E-state index contributed by atoms with van der Waals surface area (Å²) in [7, 11) is 0. The molecule has 1 aromatic rings. The van der Waals surface area contributed by atoms with Crippen molar-refractivity contribution in [2.75, 3.05) is 6.61 Å². The van der Waals surface area contributed by atoms with E-state index in [-0.39, 0.29) is 12.6 Å². The third-order valence-electron chi connectivity index (χ3n) is 3.19. The van der Waals surface area contributed by atoms with Crippen LogP contribution in [0.15, 0.2) is 0 Å². The summed E-state index contributed by atoms with van der Waals surface area (Å²) in [5.74, 6) is 0.774. The summed E-state index contributed by atoms with van der Waals surface area (Å²) >= 11 is 0. The topological polar surface area (TPSA) is 79.1 Å². The molecule has 1 saturated carbocycles. The van der Waals surface area contributed by atoms with Crippen LogP contribution in [0.4, 0.5) is 0 Å². The van der Waals surface area contributed by atoms with E-state index in [2.05, 4.69) is 29.4 Å². The third-order valence-corrected chi connectivity index (χ3v) is 3.19. The van der Waals surface area contributed by atoms with Gasteiger partial charge >= 0.3 is 5.97 Å². The molecule has 1 heterocycles. The Labute approximate surface area is 118 Å². The quantitative estimate of drug-likeness (QED) is 0.672. The molecule has 0 radical (unpaired) electrons.